The van der Waals surface area contributed by atoms with E-state index in [0.717, 1.165) is 44.2 Å². The number of nitrogens with zero attached hydrogens (tertiary/aromatic N) is 3. The van der Waals surface area contributed by atoms with Crippen LogP contribution in [0.5, 0.6) is 0 Å². The van der Waals surface area contributed by atoms with Gasteiger partial charge in [0.2, 0.25) is 0 Å². The van der Waals surface area contributed by atoms with E-state index >= 15 is 4.39 Å². The second-order valence-corrected chi connectivity index (χ2v) is 10.0. The lowest BCUT2D eigenvalue weighted by Crippen LogP contribution is -2.20. The molecule has 0 amide bonds. The van der Waals surface area contributed by atoms with Gasteiger partial charge in [-0.1, -0.05) is 6.07 Å². The number of rotatable bonds is 6. The molecular weight excluding hydrogens is 456 g/mol. The zero-order chi connectivity index (χ0) is 23.3. The molecule has 1 N–H and O–H groups in total. The number of aromatic nitrogens is 2. The number of hydrogen-bond acceptors (Lipinski definition) is 3. The second-order valence-electron chi connectivity index (χ2n) is 8.49. The maximum absolute atomic E-state index is 15.3. The molecule has 0 saturated heterocycles. The van der Waals surface area contributed by atoms with Crippen molar-refractivity contribution in [2.75, 3.05) is 0 Å². The Balaban J connectivity index is 1.66. The highest BCUT2D eigenvalue weighted by Gasteiger charge is 2.36. The second kappa shape index (κ2) is 8.22. The van der Waals surface area contributed by atoms with E-state index in [9.17, 15) is 22.6 Å². The van der Waals surface area contributed by atoms with Crippen molar-refractivity contribution < 1.29 is 21.8 Å². The Morgan fingerprint density at radius 1 is 1.24 bits per heavy atom. The van der Waals surface area contributed by atoms with E-state index in [2.05, 4.69) is 9.71 Å². The molecule has 1 atom stereocenters. The van der Waals surface area contributed by atoms with E-state index < -0.39 is 39.8 Å². The molecule has 0 radical (unpaired) electrons. The maximum atomic E-state index is 15.3. The van der Waals surface area contributed by atoms with Gasteiger partial charge in [0.25, 0.3) is 0 Å². The summed E-state index contributed by atoms with van der Waals surface area (Å²) in [7, 11) is -1.18. The third-order valence-corrected chi connectivity index (χ3v) is 7.77. The Kier molecular flexibility index (Phi) is 5.49. The summed E-state index contributed by atoms with van der Waals surface area (Å²) in [6.07, 6.45) is 1.66. The SMILES string of the molecule is N#Cc1cccc(C(F)(F)F)c1-c1nc2c(cc1F)c(CNS(=O)C1CC1)cn2C1CCC1. The molecule has 2 saturated carbocycles. The van der Waals surface area contributed by atoms with Crippen LogP contribution in [0.1, 0.15) is 54.8 Å². The Labute approximate surface area is 190 Å². The lowest BCUT2D eigenvalue weighted by Gasteiger charge is -2.27. The molecule has 2 aliphatic carbocycles. The van der Waals surface area contributed by atoms with Crippen LogP contribution >= 0.6 is 0 Å². The third-order valence-electron chi connectivity index (χ3n) is 6.27. The largest absolute Gasteiger partial charge is 0.417 e. The summed E-state index contributed by atoms with van der Waals surface area (Å²) in [5.74, 6) is -0.938. The van der Waals surface area contributed by atoms with Gasteiger partial charge in [-0.05, 0) is 55.9 Å². The van der Waals surface area contributed by atoms with Gasteiger partial charge < -0.3 is 4.57 Å². The first-order valence-corrected chi connectivity index (χ1v) is 11.9. The number of fused-ring (bicyclic) bond motifs is 1. The minimum atomic E-state index is -4.77. The highest BCUT2D eigenvalue weighted by molar-refractivity contribution is 7.83. The molecule has 172 valence electrons. The number of pyridine rings is 1. The van der Waals surface area contributed by atoms with Crippen molar-refractivity contribution in [3.05, 3.63) is 53.0 Å². The van der Waals surface area contributed by atoms with Gasteiger partial charge in [0.15, 0.2) is 0 Å². The topological polar surface area (TPSA) is 70.7 Å². The number of alkyl halides is 3. The molecule has 2 aliphatic rings. The van der Waals surface area contributed by atoms with Crippen LogP contribution in [0.2, 0.25) is 0 Å². The quantitative estimate of drug-likeness (QED) is 0.486. The van der Waals surface area contributed by atoms with Crippen LogP contribution < -0.4 is 4.72 Å². The van der Waals surface area contributed by atoms with Gasteiger partial charge in [-0.15, -0.1) is 0 Å². The molecule has 0 spiro atoms. The summed E-state index contributed by atoms with van der Waals surface area (Å²) in [6.45, 7) is 0.238. The predicted octanol–water partition coefficient (Wildman–Crippen LogP) is 5.37. The average Bonchev–Trinajstić information content (AvgIpc) is 3.54. The summed E-state index contributed by atoms with van der Waals surface area (Å²) >= 11 is 0. The first-order chi connectivity index (χ1) is 15.8. The third kappa shape index (κ3) is 4.04. The van der Waals surface area contributed by atoms with Crippen LogP contribution in [0.3, 0.4) is 0 Å². The van der Waals surface area contributed by atoms with Gasteiger partial charge in [0.1, 0.15) is 17.2 Å². The molecular formula is C23H20F4N4OS. The first kappa shape index (κ1) is 22.0. The molecule has 2 heterocycles. The molecule has 5 rings (SSSR count). The summed E-state index contributed by atoms with van der Waals surface area (Å²) in [5.41, 5.74) is -1.39. The standard InChI is InChI=1S/C23H20F4N4OS/c24-19-9-17-14(11-29-33(32)16-7-8-16)12-31(15-4-2-5-15)22(17)30-21(19)20-13(10-28)3-1-6-18(20)23(25,26)27/h1,3,6,9,12,15-16,29H,2,4-5,7-8,11H2. The lowest BCUT2D eigenvalue weighted by molar-refractivity contribution is -0.137. The fraction of sp³-hybridized carbons (Fsp3) is 0.391. The van der Waals surface area contributed by atoms with Crippen molar-refractivity contribution in [3.63, 3.8) is 0 Å². The molecule has 3 aromatic rings. The van der Waals surface area contributed by atoms with E-state index in [-0.39, 0.29) is 23.4 Å². The normalized spacial score (nSPS) is 17.7. The van der Waals surface area contributed by atoms with Crippen molar-refractivity contribution in [2.45, 2.75) is 56.1 Å². The summed E-state index contributed by atoms with van der Waals surface area (Å²) < 4.78 is 73.5. The van der Waals surface area contributed by atoms with E-state index in [4.69, 9.17) is 0 Å². The van der Waals surface area contributed by atoms with Crippen molar-refractivity contribution in [1.82, 2.24) is 14.3 Å². The highest BCUT2D eigenvalue weighted by Crippen LogP contribution is 2.41. The Bertz CT molecular complexity index is 1300. The number of nitrogens with one attached hydrogen (secondary N) is 1. The van der Waals surface area contributed by atoms with E-state index in [1.165, 1.54) is 12.1 Å². The number of hydrogen-bond donors (Lipinski definition) is 1. The van der Waals surface area contributed by atoms with Crippen molar-refractivity contribution >= 4 is 22.0 Å². The van der Waals surface area contributed by atoms with Crippen molar-refractivity contribution in [2.24, 2.45) is 0 Å². The zero-order valence-corrected chi connectivity index (χ0v) is 18.3. The van der Waals surface area contributed by atoms with Crippen molar-refractivity contribution in [1.29, 1.82) is 5.26 Å². The fourth-order valence-corrected chi connectivity index (χ4v) is 5.25. The summed E-state index contributed by atoms with van der Waals surface area (Å²) in [6, 6.07) is 6.22. The van der Waals surface area contributed by atoms with Gasteiger partial charge in [-0.3, -0.25) is 0 Å². The first-order valence-electron chi connectivity index (χ1n) is 10.7. The summed E-state index contributed by atoms with van der Waals surface area (Å²) in [4.78, 5) is 4.36. The average molecular weight is 476 g/mol. The molecule has 2 fully saturated rings. The highest BCUT2D eigenvalue weighted by atomic mass is 32.2. The number of halogens is 4. The van der Waals surface area contributed by atoms with E-state index in [1.54, 1.807) is 6.07 Å². The molecule has 0 bridgehead atoms. The van der Waals surface area contributed by atoms with Crippen LogP contribution in [0.25, 0.3) is 22.3 Å². The Morgan fingerprint density at radius 3 is 2.61 bits per heavy atom. The molecule has 1 aromatic carbocycles. The smallest absolute Gasteiger partial charge is 0.329 e. The predicted molar refractivity (Wildman–Crippen MR) is 116 cm³/mol. The number of benzene rings is 1. The van der Waals surface area contributed by atoms with Crippen LogP contribution in [0, 0.1) is 17.1 Å². The van der Waals surface area contributed by atoms with Crippen LogP contribution in [0.4, 0.5) is 17.6 Å². The van der Waals surface area contributed by atoms with Gasteiger partial charge in [0.05, 0.1) is 28.2 Å². The van der Waals surface area contributed by atoms with Crippen LogP contribution in [-0.2, 0) is 23.7 Å². The Hall–Kier alpha value is -2.77. The van der Waals surface area contributed by atoms with Gasteiger partial charge >= 0.3 is 6.18 Å². The van der Waals surface area contributed by atoms with E-state index in [1.807, 2.05) is 10.8 Å². The lowest BCUT2D eigenvalue weighted by atomic mass is 9.93. The van der Waals surface area contributed by atoms with E-state index in [0.29, 0.717) is 16.6 Å². The molecule has 5 nitrogen and oxygen atoms in total. The zero-order valence-electron chi connectivity index (χ0n) is 17.5. The maximum Gasteiger partial charge on any atom is 0.417 e. The minimum absolute atomic E-state index is 0.120. The monoisotopic (exact) mass is 476 g/mol. The van der Waals surface area contributed by atoms with Gasteiger partial charge in [-0.2, -0.15) is 18.4 Å². The Morgan fingerprint density at radius 2 is 2.00 bits per heavy atom. The summed E-state index contributed by atoms with van der Waals surface area (Å²) in [5, 5.41) is 10.0. The molecule has 0 aliphatic heterocycles. The molecule has 2 aromatic heterocycles. The molecule has 10 heteroatoms. The van der Waals surface area contributed by atoms with Crippen LogP contribution in [0.15, 0.2) is 30.5 Å². The fourth-order valence-electron chi connectivity index (χ4n) is 4.16. The van der Waals surface area contributed by atoms with Crippen molar-refractivity contribution in [3.8, 4) is 17.3 Å². The minimum Gasteiger partial charge on any atom is -0.329 e. The van der Waals surface area contributed by atoms with Crippen LogP contribution in [-0.4, -0.2) is 19.0 Å². The number of nitriles is 1. The van der Waals surface area contributed by atoms with Gasteiger partial charge in [-0.25, -0.2) is 18.3 Å². The molecule has 1 unspecified atom stereocenters. The van der Waals surface area contributed by atoms with Gasteiger partial charge in [0, 0.05) is 35.0 Å². The molecule has 33 heavy (non-hydrogen) atoms.